The van der Waals surface area contributed by atoms with Crippen molar-refractivity contribution >= 4 is 11.8 Å². The van der Waals surface area contributed by atoms with Crippen LogP contribution >= 0.6 is 0 Å². The molecule has 0 bridgehead atoms. The second-order valence-corrected chi connectivity index (χ2v) is 4.43. The number of rotatable bonds is 3. The van der Waals surface area contributed by atoms with Gasteiger partial charge in [0, 0.05) is 18.7 Å². The minimum Gasteiger partial charge on any atom is -0.396 e. The summed E-state index contributed by atoms with van der Waals surface area (Å²) in [5, 5.41) is 8.98. The average Bonchev–Trinajstić information content (AvgIpc) is 2.34. The summed E-state index contributed by atoms with van der Waals surface area (Å²) >= 11 is 0. The first kappa shape index (κ1) is 11.8. The Morgan fingerprint density at radius 2 is 2.06 bits per heavy atom. The lowest BCUT2D eigenvalue weighted by Gasteiger charge is -2.28. The SMILES string of the molecule is CC(CO)CN1C(=O)Cc2ccccc2C1=O. The van der Waals surface area contributed by atoms with E-state index < -0.39 is 0 Å². The van der Waals surface area contributed by atoms with E-state index in [1.807, 2.05) is 6.07 Å². The van der Waals surface area contributed by atoms with Crippen LogP contribution < -0.4 is 0 Å². The molecule has 2 amide bonds. The molecule has 1 aromatic rings. The van der Waals surface area contributed by atoms with Crippen LogP contribution in [-0.2, 0) is 11.2 Å². The van der Waals surface area contributed by atoms with Crippen molar-refractivity contribution in [1.82, 2.24) is 4.90 Å². The van der Waals surface area contributed by atoms with Crippen LogP contribution in [0.1, 0.15) is 22.8 Å². The van der Waals surface area contributed by atoms with Gasteiger partial charge in [0.2, 0.25) is 5.91 Å². The monoisotopic (exact) mass is 233 g/mol. The van der Waals surface area contributed by atoms with E-state index in [1.54, 1.807) is 25.1 Å². The van der Waals surface area contributed by atoms with E-state index in [0.717, 1.165) is 5.56 Å². The summed E-state index contributed by atoms with van der Waals surface area (Å²) in [4.78, 5) is 25.2. The van der Waals surface area contributed by atoms with Crippen LogP contribution in [0, 0.1) is 5.92 Å². The van der Waals surface area contributed by atoms with Gasteiger partial charge in [0.25, 0.3) is 5.91 Å². The first-order valence-electron chi connectivity index (χ1n) is 5.67. The number of imide groups is 1. The van der Waals surface area contributed by atoms with Gasteiger partial charge in [-0.15, -0.1) is 0 Å². The first-order chi connectivity index (χ1) is 8.13. The highest BCUT2D eigenvalue weighted by molar-refractivity contribution is 6.09. The standard InChI is InChI=1S/C13H15NO3/c1-9(8-15)7-14-12(16)6-10-4-2-3-5-11(10)13(14)17/h2-5,9,15H,6-8H2,1H3. The third kappa shape index (κ3) is 2.22. The van der Waals surface area contributed by atoms with Crippen LogP contribution in [0.2, 0.25) is 0 Å². The van der Waals surface area contributed by atoms with Gasteiger partial charge in [-0.3, -0.25) is 14.5 Å². The van der Waals surface area contributed by atoms with Crippen LogP contribution in [0.3, 0.4) is 0 Å². The predicted molar refractivity (Wildman–Crippen MR) is 62.4 cm³/mol. The summed E-state index contributed by atoms with van der Waals surface area (Å²) in [6.45, 7) is 2.06. The van der Waals surface area contributed by atoms with Crippen molar-refractivity contribution in [1.29, 1.82) is 0 Å². The molecule has 1 aliphatic rings. The number of aliphatic hydroxyl groups is 1. The predicted octanol–water partition coefficient (Wildman–Crippen LogP) is 0.840. The lowest BCUT2D eigenvalue weighted by Crippen LogP contribution is -2.44. The molecule has 0 aromatic heterocycles. The van der Waals surface area contributed by atoms with Gasteiger partial charge >= 0.3 is 0 Å². The van der Waals surface area contributed by atoms with E-state index in [4.69, 9.17) is 5.11 Å². The van der Waals surface area contributed by atoms with Crippen molar-refractivity contribution in [2.75, 3.05) is 13.2 Å². The lowest BCUT2D eigenvalue weighted by atomic mass is 9.97. The number of hydrogen-bond acceptors (Lipinski definition) is 3. The Kier molecular flexibility index (Phi) is 3.24. The molecule has 4 nitrogen and oxygen atoms in total. The molecule has 90 valence electrons. The minimum atomic E-state index is -0.253. The van der Waals surface area contributed by atoms with Crippen molar-refractivity contribution in [2.24, 2.45) is 5.92 Å². The topological polar surface area (TPSA) is 57.6 Å². The zero-order valence-corrected chi connectivity index (χ0v) is 9.72. The maximum absolute atomic E-state index is 12.1. The molecule has 1 heterocycles. The summed E-state index contributed by atoms with van der Waals surface area (Å²) in [6.07, 6.45) is 0.264. The third-order valence-corrected chi connectivity index (χ3v) is 2.94. The average molecular weight is 233 g/mol. The number of hydrogen-bond donors (Lipinski definition) is 1. The van der Waals surface area contributed by atoms with Gasteiger partial charge < -0.3 is 5.11 Å². The molecule has 0 saturated carbocycles. The van der Waals surface area contributed by atoms with Gasteiger partial charge in [-0.2, -0.15) is 0 Å². The van der Waals surface area contributed by atoms with Gasteiger partial charge in [0.15, 0.2) is 0 Å². The molecule has 1 aromatic carbocycles. The molecule has 0 aliphatic carbocycles. The van der Waals surface area contributed by atoms with Crippen LogP contribution in [0.5, 0.6) is 0 Å². The molecule has 0 fully saturated rings. The van der Waals surface area contributed by atoms with E-state index in [9.17, 15) is 9.59 Å². The second-order valence-electron chi connectivity index (χ2n) is 4.43. The van der Waals surface area contributed by atoms with E-state index >= 15 is 0 Å². The van der Waals surface area contributed by atoms with Gasteiger partial charge in [-0.05, 0) is 17.5 Å². The molecule has 4 heteroatoms. The highest BCUT2D eigenvalue weighted by Crippen LogP contribution is 2.20. The quantitative estimate of drug-likeness (QED) is 0.787. The number of aliphatic hydroxyl groups excluding tert-OH is 1. The Bertz CT molecular complexity index is 456. The number of nitrogens with zero attached hydrogens (tertiary/aromatic N) is 1. The van der Waals surface area contributed by atoms with Crippen LogP contribution in [0.4, 0.5) is 0 Å². The molecule has 0 saturated heterocycles. The number of amides is 2. The Hall–Kier alpha value is -1.68. The normalized spacial score (nSPS) is 16.9. The zero-order valence-electron chi connectivity index (χ0n) is 9.72. The molecule has 1 atom stereocenters. The Balaban J connectivity index is 2.27. The Labute approximate surface area is 99.9 Å². The van der Waals surface area contributed by atoms with Crippen molar-refractivity contribution in [3.05, 3.63) is 35.4 Å². The minimum absolute atomic E-state index is 0.0291. The van der Waals surface area contributed by atoms with E-state index in [2.05, 4.69) is 0 Å². The van der Waals surface area contributed by atoms with E-state index in [-0.39, 0.29) is 37.3 Å². The molecule has 1 N–H and O–H groups in total. The summed E-state index contributed by atoms with van der Waals surface area (Å²) in [5.74, 6) is -0.528. The number of benzene rings is 1. The molecule has 1 unspecified atom stereocenters. The van der Waals surface area contributed by atoms with Crippen LogP contribution in [0.25, 0.3) is 0 Å². The number of carbonyl (C=O) groups is 2. The van der Waals surface area contributed by atoms with E-state index in [1.165, 1.54) is 4.90 Å². The summed E-state index contributed by atoms with van der Waals surface area (Å²) in [5.41, 5.74) is 1.38. The molecule has 0 radical (unpaired) electrons. The van der Waals surface area contributed by atoms with Crippen molar-refractivity contribution < 1.29 is 14.7 Å². The van der Waals surface area contributed by atoms with Gasteiger partial charge in [-0.1, -0.05) is 25.1 Å². The molecule has 17 heavy (non-hydrogen) atoms. The highest BCUT2D eigenvalue weighted by atomic mass is 16.3. The van der Waals surface area contributed by atoms with Crippen LogP contribution in [-0.4, -0.2) is 35.0 Å². The maximum atomic E-state index is 12.1. The fourth-order valence-electron chi connectivity index (χ4n) is 1.95. The highest BCUT2D eigenvalue weighted by Gasteiger charge is 2.31. The Morgan fingerprint density at radius 1 is 1.35 bits per heavy atom. The third-order valence-electron chi connectivity index (χ3n) is 2.94. The van der Waals surface area contributed by atoms with Gasteiger partial charge in [0.05, 0.1) is 6.42 Å². The fourth-order valence-corrected chi connectivity index (χ4v) is 1.95. The molecular weight excluding hydrogens is 218 g/mol. The molecule has 0 spiro atoms. The fraction of sp³-hybridized carbons (Fsp3) is 0.385. The largest absolute Gasteiger partial charge is 0.396 e. The van der Waals surface area contributed by atoms with Crippen molar-refractivity contribution in [3.63, 3.8) is 0 Å². The van der Waals surface area contributed by atoms with Crippen LogP contribution in [0.15, 0.2) is 24.3 Å². The molecule has 1 aliphatic heterocycles. The first-order valence-corrected chi connectivity index (χ1v) is 5.67. The van der Waals surface area contributed by atoms with E-state index in [0.29, 0.717) is 5.56 Å². The summed E-state index contributed by atoms with van der Waals surface area (Å²) in [7, 11) is 0. The smallest absolute Gasteiger partial charge is 0.260 e. The number of fused-ring (bicyclic) bond motifs is 1. The molecule has 2 rings (SSSR count). The van der Waals surface area contributed by atoms with Gasteiger partial charge in [0.1, 0.15) is 0 Å². The van der Waals surface area contributed by atoms with Crippen molar-refractivity contribution in [2.45, 2.75) is 13.3 Å². The number of carbonyl (C=O) groups excluding carboxylic acids is 2. The maximum Gasteiger partial charge on any atom is 0.260 e. The van der Waals surface area contributed by atoms with Gasteiger partial charge in [-0.25, -0.2) is 0 Å². The van der Waals surface area contributed by atoms with Crippen molar-refractivity contribution in [3.8, 4) is 0 Å². The zero-order chi connectivity index (χ0) is 12.4. The second kappa shape index (κ2) is 4.67. The summed E-state index contributed by atoms with van der Waals surface area (Å²) in [6, 6.07) is 7.16. The Morgan fingerprint density at radius 3 is 2.76 bits per heavy atom. The summed E-state index contributed by atoms with van der Waals surface area (Å²) < 4.78 is 0. The molecular formula is C13H15NO3. The lowest BCUT2D eigenvalue weighted by molar-refractivity contribution is -0.129.